The number of hydrogen-bond acceptors (Lipinski definition) is 8. The van der Waals surface area contributed by atoms with Crippen LogP contribution in [0.1, 0.15) is 50.5 Å². The van der Waals surface area contributed by atoms with Crippen molar-refractivity contribution in [3.63, 3.8) is 0 Å². The Balaban J connectivity index is 1.53. The Morgan fingerprint density at radius 2 is 1.33 bits per heavy atom. The van der Waals surface area contributed by atoms with Crippen molar-refractivity contribution in [3.05, 3.63) is 171 Å². The van der Waals surface area contributed by atoms with E-state index in [1.54, 1.807) is 14.2 Å². The Hall–Kier alpha value is -6.15. The largest absolute Gasteiger partial charge is 0.497 e. The predicted octanol–water partition coefficient (Wildman–Crippen LogP) is 8.26. The molecule has 0 bridgehead atoms. The van der Waals surface area contributed by atoms with Gasteiger partial charge in [-0.2, -0.15) is 0 Å². The number of benzene rings is 5. The fraction of sp³-hybridized carbons (Fsp3) is 0.186. The first-order valence-electron chi connectivity index (χ1n) is 16.9. The average molecular weight is 676 g/mol. The second-order valence-corrected chi connectivity index (χ2v) is 13.2. The lowest BCUT2D eigenvalue weighted by molar-refractivity contribution is -0.147. The molecule has 8 nitrogen and oxygen atoms in total. The van der Waals surface area contributed by atoms with Gasteiger partial charge in [0.2, 0.25) is 0 Å². The van der Waals surface area contributed by atoms with Crippen molar-refractivity contribution in [3.8, 4) is 11.5 Å². The van der Waals surface area contributed by atoms with E-state index in [9.17, 15) is 0 Å². The maximum atomic E-state index is 15.1. The number of carbonyl (C=O) groups excluding carboxylic acids is 1. The maximum absolute atomic E-state index is 15.1. The van der Waals surface area contributed by atoms with Crippen molar-refractivity contribution in [1.82, 2.24) is 4.90 Å². The summed E-state index contributed by atoms with van der Waals surface area (Å²) in [7, 11) is 3.28. The number of ether oxygens (including phenoxy) is 2. The number of hydrogen-bond donors (Lipinski definition) is 0. The highest BCUT2D eigenvalue weighted by Gasteiger charge is 2.76. The standard InChI is InChI=1S/C43H37N3O5/c1-27-24-28(2)37(29(3)25-27)40-45-51-43(33-14-10-7-11-15-33)36(26-30-16-20-34(48-4)21-17-30)42(38(44-50-41(42)47)31-12-8-6-9-13-31)39(46(40)43)32-18-22-35(49-5)23-19-32/h6-26,39H,1-5H3/b36-26+/t39-,42+,43+/m1/s1. The number of methoxy groups -OCH3 is 2. The highest BCUT2D eigenvalue weighted by molar-refractivity contribution is 6.23. The number of amidine groups is 1. The molecule has 5 aromatic rings. The van der Waals surface area contributed by atoms with Gasteiger partial charge >= 0.3 is 5.97 Å². The molecule has 0 radical (unpaired) electrons. The second kappa shape index (κ2) is 12.3. The van der Waals surface area contributed by atoms with Gasteiger partial charge in [0, 0.05) is 22.3 Å². The van der Waals surface area contributed by atoms with E-state index in [2.05, 4.69) is 43.0 Å². The van der Waals surface area contributed by atoms with E-state index in [-0.39, 0.29) is 0 Å². The van der Waals surface area contributed by atoms with Crippen LogP contribution in [0.3, 0.4) is 0 Å². The van der Waals surface area contributed by atoms with Crippen molar-refractivity contribution in [2.24, 2.45) is 15.7 Å². The van der Waals surface area contributed by atoms with Gasteiger partial charge in [-0.05, 0) is 73.4 Å². The number of oxime groups is 2. The number of rotatable bonds is 7. The highest BCUT2D eigenvalue weighted by Crippen LogP contribution is 2.67. The zero-order valence-corrected chi connectivity index (χ0v) is 29.1. The van der Waals surface area contributed by atoms with Gasteiger partial charge in [-0.25, -0.2) is 4.79 Å². The normalized spacial score (nSPS) is 22.8. The van der Waals surface area contributed by atoms with Gasteiger partial charge in [-0.1, -0.05) is 113 Å². The van der Waals surface area contributed by atoms with Crippen molar-refractivity contribution in [2.75, 3.05) is 14.2 Å². The van der Waals surface area contributed by atoms with E-state index >= 15 is 4.79 Å². The zero-order chi connectivity index (χ0) is 35.3. The number of aryl methyl sites for hydroxylation is 3. The van der Waals surface area contributed by atoms with Gasteiger partial charge in [0.05, 0.1) is 20.3 Å². The van der Waals surface area contributed by atoms with Crippen LogP contribution in [0.25, 0.3) is 6.08 Å². The van der Waals surface area contributed by atoms with Crippen LogP contribution >= 0.6 is 0 Å². The molecule has 0 amide bonds. The lowest BCUT2D eigenvalue weighted by Gasteiger charge is -2.36. The Labute approximate surface area is 297 Å². The molecule has 1 fully saturated rings. The fourth-order valence-electron chi connectivity index (χ4n) is 8.09. The summed E-state index contributed by atoms with van der Waals surface area (Å²) < 4.78 is 11.1. The van der Waals surface area contributed by atoms with Crippen LogP contribution in [0.2, 0.25) is 0 Å². The maximum Gasteiger partial charge on any atom is 0.354 e. The molecule has 0 N–H and O–H groups in total. The molecule has 0 unspecified atom stereocenters. The van der Waals surface area contributed by atoms with Gasteiger partial charge in [0.25, 0.3) is 5.72 Å². The first kappa shape index (κ1) is 32.1. The second-order valence-electron chi connectivity index (χ2n) is 13.2. The topological polar surface area (TPSA) is 82.0 Å². The lowest BCUT2D eigenvalue weighted by Crippen LogP contribution is -2.45. The summed E-state index contributed by atoms with van der Waals surface area (Å²) in [5.41, 5.74) is 5.59. The van der Waals surface area contributed by atoms with Crippen molar-refractivity contribution in [1.29, 1.82) is 0 Å². The summed E-state index contributed by atoms with van der Waals surface area (Å²) in [6.45, 7) is 6.26. The zero-order valence-electron chi connectivity index (χ0n) is 29.1. The molecular weight excluding hydrogens is 638 g/mol. The molecule has 3 aliphatic rings. The van der Waals surface area contributed by atoms with Gasteiger partial charge in [0.15, 0.2) is 11.3 Å². The molecule has 8 heteroatoms. The summed E-state index contributed by atoms with van der Waals surface area (Å²) in [6, 6.07) is 38.8. The van der Waals surface area contributed by atoms with Crippen molar-refractivity contribution < 1.29 is 23.9 Å². The SMILES string of the molecule is COc1ccc(/C=C2\[C@@]3(C(=O)ON=C3c3ccccc3)[C@@H](c3ccc(OC)cc3)N3C(c4c(C)cc(C)cc4C)=NO[C@@]23c2ccccc2)cc1. The van der Waals surface area contributed by atoms with E-state index in [0.29, 0.717) is 28.6 Å². The molecule has 51 heavy (non-hydrogen) atoms. The molecule has 0 aliphatic carbocycles. The van der Waals surface area contributed by atoms with Crippen LogP contribution in [0.5, 0.6) is 11.5 Å². The molecule has 1 spiro atoms. The molecule has 3 aliphatic heterocycles. The van der Waals surface area contributed by atoms with Crippen LogP contribution < -0.4 is 9.47 Å². The Kier molecular flexibility index (Phi) is 7.75. The van der Waals surface area contributed by atoms with Crippen molar-refractivity contribution in [2.45, 2.75) is 32.5 Å². The van der Waals surface area contributed by atoms with Gasteiger partial charge in [0.1, 0.15) is 17.2 Å². The van der Waals surface area contributed by atoms with E-state index < -0.39 is 23.2 Å². The van der Waals surface area contributed by atoms with Crippen LogP contribution in [-0.4, -0.2) is 36.6 Å². The van der Waals surface area contributed by atoms with Crippen molar-refractivity contribution >= 4 is 23.6 Å². The average Bonchev–Trinajstić information content (AvgIpc) is 3.78. The minimum atomic E-state index is -1.50. The van der Waals surface area contributed by atoms with E-state index in [1.807, 2.05) is 115 Å². The van der Waals surface area contributed by atoms with Crippen LogP contribution in [0, 0.1) is 26.2 Å². The summed E-state index contributed by atoms with van der Waals surface area (Å²) >= 11 is 0. The number of nitrogens with zero attached hydrogens (tertiary/aromatic N) is 3. The Morgan fingerprint density at radius 3 is 1.94 bits per heavy atom. The first-order chi connectivity index (χ1) is 24.8. The van der Waals surface area contributed by atoms with Gasteiger partial charge < -0.3 is 19.1 Å². The monoisotopic (exact) mass is 675 g/mol. The summed E-state index contributed by atoms with van der Waals surface area (Å²) in [5.74, 6) is 1.51. The van der Waals surface area contributed by atoms with E-state index in [1.165, 1.54) is 0 Å². The molecule has 5 aromatic carbocycles. The minimum Gasteiger partial charge on any atom is -0.497 e. The van der Waals surface area contributed by atoms with Gasteiger partial charge in [-0.15, -0.1) is 0 Å². The molecule has 3 atom stereocenters. The summed E-state index contributed by atoms with van der Waals surface area (Å²) in [5, 5.41) is 9.57. The molecule has 1 saturated heterocycles. The smallest absolute Gasteiger partial charge is 0.354 e. The molecule has 0 aromatic heterocycles. The lowest BCUT2D eigenvalue weighted by atomic mass is 9.66. The highest BCUT2D eigenvalue weighted by atomic mass is 16.7. The van der Waals surface area contributed by atoms with Crippen LogP contribution in [0.4, 0.5) is 0 Å². The minimum absolute atomic E-state index is 0.485. The van der Waals surface area contributed by atoms with E-state index in [4.69, 9.17) is 24.3 Å². The predicted molar refractivity (Wildman–Crippen MR) is 196 cm³/mol. The summed E-state index contributed by atoms with van der Waals surface area (Å²) in [4.78, 5) is 30.0. The molecular formula is C43H37N3O5. The van der Waals surface area contributed by atoms with Gasteiger partial charge in [-0.3, -0.25) is 4.90 Å². The molecule has 0 saturated carbocycles. The first-order valence-corrected chi connectivity index (χ1v) is 16.9. The molecule has 254 valence electrons. The number of fused-ring (bicyclic) bond motifs is 1. The fourth-order valence-corrected chi connectivity index (χ4v) is 8.09. The third-order valence-electron chi connectivity index (χ3n) is 10.2. The quantitative estimate of drug-likeness (QED) is 0.162. The van der Waals surface area contributed by atoms with E-state index in [0.717, 1.165) is 44.5 Å². The molecule has 3 heterocycles. The number of carbonyl (C=O) groups is 1. The third kappa shape index (κ3) is 4.77. The van der Waals surface area contributed by atoms with Crippen LogP contribution in [-0.2, 0) is 20.2 Å². The molecule has 8 rings (SSSR count). The third-order valence-corrected chi connectivity index (χ3v) is 10.2. The Bertz CT molecular complexity index is 2210. The Morgan fingerprint density at radius 1 is 0.745 bits per heavy atom. The van der Waals surface area contributed by atoms with Crippen LogP contribution in [0.15, 0.2) is 137 Å². The summed E-state index contributed by atoms with van der Waals surface area (Å²) in [6.07, 6.45) is 2.03.